The van der Waals surface area contributed by atoms with Crippen molar-refractivity contribution in [3.63, 3.8) is 0 Å². The van der Waals surface area contributed by atoms with Crippen LogP contribution in [0.15, 0.2) is 22.2 Å². The second-order valence-corrected chi connectivity index (χ2v) is 8.03. The third kappa shape index (κ3) is 2.86. The highest BCUT2D eigenvalue weighted by molar-refractivity contribution is 7.94. The van der Waals surface area contributed by atoms with Crippen molar-refractivity contribution in [2.75, 3.05) is 11.5 Å². The van der Waals surface area contributed by atoms with Crippen LogP contribution in [-0.2, 0) is 26.3 Å². The topological polar surface area (TPSA) is 81.2 Å². The van der Waals surface area contributed by atoms with E-state index in [4.69, 9.17) is 0 Å². The molecule has 0 bridgehead atoms. The molecule has 0 aliphatic heterocycles. The highest BCUT2D eigenvalue weighted by atomic mass is 32.2. The molecule has 5 nitrogen and oxygen atoms in total. The number of sulfone groups is 2. The molecule has 0 saturated heterocycles. The van der Waals surface area contributed by atoms with Crippen LogP contribution in [0.3, 0.4) is 0 Å². The van der Waals surface area contributed by atoms with Crippen molar-refractivity contribution in [1.29, 1.82) is 0 Å². The summed E-state index contributed by atoms with van der Waals surface area (Å²) in [4.78, 5) is 3.18. The quantitative estimate of drug-likeness (QED) is 0.813. The van der Waals surface area contributed by atoms with Crippen LogP contribution in [0.4, 0.5) is 4.39 Å². The van der Waals surface area contributed by atoms with Gasteiger partial charge in [-0.3, -0.25) is 0 Å². The van der Waals surface area contributed by atoms with Crippen LogP contribution in [-0.4, -0.2) is 33.3 Å². The molecule has 0 aliphatic carbocycles. The zero-order chi connectivity index (χ0) is 14.0. The van der Waals surface area contributed by atoms with Gasteiger partial charge in [0.1, 0.15) is 11.6 Å². The van der Waals surface area contributed by atoms with Gasteiger partial charge in [-0.25, -0.2) is 26.2 Å². The summed E-state index contributed by atoms with van der Waals surface area (Å²) in [6.45, 7) is 1.88. The van der Waals surface area contributed by atoms with Gasteiger partial charge in [-0.05, 0) is 6.07 Å². The Kier molecular flexibility index (Phi) is 4.44. The van der Waals surface area contributed by atoms with Crippen molar-refractivity contribution in [3.8, 4) is 0 Å². The first kappa shape index (κ1) is 15.0. The molecular formula is C10H14FNO4S2. The summed E-state index contributed by atoms with van der Waals surface area (Å²) in [5.41, 5.74) is 0.0390. The monoisotopic (exact) mass is 295 g/mol. The second-order valence-electron chi connectivity index (χ2n) is 3.59. The van der Waals surface area contributed by atoms with E-state index in [-0.39, 0.29) is 17.1 Å². The van der Waals surface area contributed by atoms with Gasteiger partial charge in [0.2, 0.25) is 0 Å². The van der Waals surface area contributed by atoms with Crippen molar-refractivity contribution in [1.82, 2.24) is 4.98 Å². The number of nitrogens with zero attached hydrogens (tertiary/aromatic N) is 1. The molecule has 0 aromatic carbocycles. The molecular weight excluding hydrogens is 281 g/mol. The van der Waals surface area contributed by atoms with Gasteiger partial charge < -0.3 is 0 Å². The lowest BCUT2D eigenvalue weighted by Crippen LogP contribution is -2.15. The van der Waals surface area contributed by atoms with E-state index in [1.807, 2.05) is 0 Å². The standard InChI is InChI=1S/C10H14FNO4S2/c1-3-17(13,14)9-5-8(6-11)7-12-10(9)18(15,16)4-2/h5,7H,3-4,6H2,1-2H3. The highest BCUT2D eigenvalue weighted by Gasteiger charge is 2.26. The molecule has 8 heteroatoms. The Bertz CT molecular complexity index is 638. The van der Waals surface area contributed by atoms with E-state index < -0.39 is 36.3 Å². The number of hydrogen-bond donors (Lipinski definition) is 0. The van der Waals surface area contributed by atoms with Gasteiger partial charge in [0.15, 0.2) is 24.7 Å². The minimum absolute atomic E-state index is 0.0390. The average molecular weight is 295 g/mol. The maximum absolute atomic E-state index is 12.5. The molecule has 0 aliphatic rings. The second kappa shape index (κ2) is 5.31. The average Bonchev–Trinajstić information content (AvgIpc) is 2.37. The summed E-state index contributed by atoms with van der Waals surface area (Å²) in [6, 6.07) is 1.04. The first-order chi connectivity index (χ1) is 8.28. The summed E-state index contributed by atoms with van der Waals surface area (Å²) in [5, 5.41) is -0.496. The molecule has 0 unspecified atom stereocenters. The Morgan fingerprint density at radius 3 is 2.11 bits per heavy atom. The van der Waals surface area contributed by atoms with Crippen molar-refractivity contribution in [2.45, 2.75) is 30.4 Å². The Balaban J connectivity index is 3.65. The molecule has 0 saturated carbocycles. The number of rotatable bonds is 5. The van der Waals surface area contributed by atoms with Crippen LogP contribution < -0.4 is 0 Å². The Labute approximate surface area is 106 Å². The minimum Gasteiger partial charge on any atom is -0.246 e. The normalized spacial score (nSPS) is 12.6. The van der Waals surface area contributed by atoms with Crippen LogP contribution in [0.1, 0.15) is 19.4 Å². The Hall–Kier alpha value is -1.02. The smallest absolute Gasteiger partial charge is 0.196 e. The zero-order valence-electron chi connectivity index (χ0n) is 10.1. The molecule has 0 spiro atoms. The van der Waals surface area contributed by atoms with Gasteiger partial charge in [-0.1, -0.05) is 13.8 Å². The molecule has 0 atom stereocenters. The predicted octanol–water partition coefficient (Wildman–Crippen LogP) is 1.14. The van der Waals surface area contributed by atoms with Crippen LogP contribution in [0.25, 0.3) is 0 Å². The number of hydrogen-bond acceptors (Lipinski definition) is 5. The number of pyridine rings is 1. The molecule has 0 amide bonds. The van der Waals surface area contributed by atoms with Crippen molar-refractivity contribution >= 4 is 19.7 Å². The lowest BCUT2D eigenvalue weighted by atomic mass is 10.3. The van der Waals surface area contributed by atoms with E-state index in [1.165, 1.54) is 13.8 Å². The van der Waals surface area contributed by atoms with Crippen LogP contribution in [0.2, 0.25) is 0 Å². The van der Waals surface area contributed by atoms with Gasteiger partial charge in [-0.2, -0.15) is 0 Å². The molecule has 0 radical (unpaired) electrons. The predicted molar refractivity (Wildman–Crippen MR) is 64.5 cm³/mol. The molecule has 1 heterocycles. The van der Waals surface area contributed by atoms with Gasteiger partial charge >= 0.3 is 0 Å². The Morgan fingerprint density at radius 2 is 1.67 bits per heavy atom. The lowest BCUT2D eigenvalue weighted by Gasteiger charge is -2.09. The van der Waals surface area contributed by atoms with Crippen LogP contribution in [0.5, 0.6) is 0 Å². The third-order valence-electron chi connectivity index (χ3n) is 2.42. The molecule has 0 N–H and O–H groups in total. The van der Waals surface area contributed by atoms with E-state index in [0.717, 1.165) is 12.3 Å². The van der Waals surface area contributed by atoms with Gasteiger partial charge in [0, 0.05) is 11.8 Å². The summed E-state index contributed by atoms with van der Waals surface area (Å²) in [5.74, 6) is -0.530. The zero-order valence-corrected chi connectivity index (χ0v) is 11.7. The third-order valence-corrected chi connectivity index (χ3v) is 5.96. The lowest BCUT2D eigenvalue weighted by molar-refractivity contribution is 0.482. The van der Waals surface area contributed by atoms with E-state index >= 15 is 0 Å². The van der Waals surface area contributed by atoms with Gasteiger partial charge in [0.25, 0.3) is 0 Å². The maximum atomic E-state index is 12.5. The van der Waals surface area contributed by atoms with Crippen molar-refractivity contribution < 1.29 is 21.2 Å². The first-order valence-corrected chi connectivity index (χ1v) is 8.59. The van der Waals surface area contributed by atoms with Gasteiger partial charge in [0.05, 0.1) is 11.5 Å². The minimum atomic E-state index is -3.76. The summed E-state index contributed by atoms with van der Waals surface area (Å²) in [6.07, 6.45) is 1.04. The molecule has 1 aromatic rings. The number of halogens is 1. The van der Waals surface area contributed by atoms with E-state index in [0.29, 0.717) is 0 Å². The van der Waals surface area contributed by atoms with Crippen LogP contribution in [0, 0.1) is 0 Å². The molecule has 0 fully saturated rings. The Morgan fingerprint density at radius 1 is 1.11 bits per heavy atom. The van der Waals surface area contributed by atoms with E-state index in [2.05, 4.69) is 4.98 Å². The van der Waals surface area contributed by atoms with E-state index in [1.54, 1.807) is 0 Å². The van der Waals surface area contributed by atoms with E-state index in [9.17, 15) is 21.2 Å². The van der Waals surface area contributed by atoms with Crippen molar-refractivity contribution in [2.24, 2.45) is 0 Å². The molecule has 18 heavy (non-hydrogen) atoms. The maximum Gasteiger partial charge on any atom is 0.196 e. The summed E-state index contributed by atoms with van der Waals surface area (Å²) >= 11 is 0. The van der Waals surface area contributed by atoms with Crippen LogP contribution >= 0.6 is 0 Å². The first-order valence-electron chi connectivity index (χ1n) is 5.29. The summed E-state index contributed by atoms with van der Waals surface area (Å²) < 4.78 is 59.7. The fourth-order valence-corrected chi connectivity index (χ4v) is 3.87. The summed E-state index contributed by atoms with van der Waals surface area (Å²) in [7, 11) is -7.52. The largest absolute Gasteiger partial charge is 0.246 e. The molecule has 1 rings (SSSR count). The van der Waals surface area contributed by atoms with Crippen molar-refractivity contribution in [3.05, 3.63) is 17.8 Å². The highest BCUT2D eigenvalue weighted by Crippen LogP contribution is 2.22. The molecule has 102 valence electrons. The molecule has 1 aromatic heterocycles. The number of alkyl halides is 1. The fourth-order valence-electron chi connectivity index (χ4n) is 1.29. The fraction of sp³-hybridized carbons (Fsp3) is 0.500. The SMILES string of the molecule is CCS(=O)(=O)c1cc(CF)cnc1S(=O)(=O)CC. The number of aromatic nitrogens is 1. The van der Waals surface area contributed by atoms with Gasteiger partial charge in [-0.15, -0.1) is 0 Å².